The molecule has 15 heavy (non-hydrogen) atoms. The molecule has 0 aliphatic heterocycles. The highest BCUT2D eigenvalue weighted by Gasteiger charge is 2.00. The Bertz CT molecular complexity index is 494. The number of aromatic nitrogens is 1. The van der Waals surface area contributed by atoms with E-state index in [0.29, 0.717) is 0 Å². The van der Waals surface area contributed by atoms with Crippen molar-refractivity contribution in [2.45, 2.75) is 0 Å². The van der Waals surface area contributed by atoms with Crippen molar-refractivity contribution in [2.24, 2.45) is 0 Å². The topological polar surface area (TPSA) is 19.0 Å². The molecule has 2 aromatic rings. The van der Waals surface area contributed by atoms with Gasteiger partial charge in [0, 0.05) is 25.2 Å². The molecule has 0 saturated heterocycles. The molecule has 0 spiro atoms. The molecule has 0 saturated carbocycles. The average molecular weight is 236 g/mol. The number of anilines is 1. The van der Waals surface area contributed by atoms with E-state index in [1.54, 1.807) is 11.3 Å². The second kappa shape index (κ2) is 4.16. The van der Waals surface area contributed by atoms with Crippen LogP contribution in [-0.4, -0.2) is 19.1 Å². The van der Waals surface area contributed by atoms with Gasteiger partial charge in [-0.25, -0.2) is 0 Å². The molecule has 78 valence electrons. The van der Waals surface area contributed by atoms with E-state index in [-0.39, 0.29) is 0 Å². The number of nitrogens with zero attached hydrogens (tertiary/aromatic N) is 1. The van der Waals surface area contributed by atoms with E-state index in [1.165, 1.54) is 11.3 Å². The quantitative estimate of drug-likeness (QED) is 0.804. The van der Waals surface area contributed by atoms with Gasteiger partial charge in [-0.05, 0) is 29.9 Å². The molecule has 0 aliphatic carbocycles. The summed E-state index contributed by atoms with van der Waals surface area (Å²) in [6, 6.07) is 8.40. The molecule has 0 amide bonds. The summed E-state index contributed by atoms with van der Waals surface area (Å²) in [4.78, 5) is 5.24. The van der Waals surface area contributed by atoms with Crippen LogP contribution in [0.15, 0.2) is 29.6 Å². The highest BCUT2D eigenvalue weighted by molar-refractivity contribution is 7.73. The number of benzene rings is 1. The third-order valence-corrected chi connectivity index (χ3v) is 3.28. The van der Waals surface area contributed by atoms with Crippen molar-refractivity contribution in [3.05, 3.63) is 33.6 Å². The van der Waals surface area contributed by atoms with Gasteiger partial charge in [-0.1, -0.05) is 12.1 Å². The second-order valence-corrected chi connectivity index (χ2v) is 5.05. The third-order valence-electron chi connectivity index (χ3n) is 2.22. The molecule has 0 aliphatic rings. The van der Waals surface area contributed by atoms with Crippen molar-refractivity contribution in [1.29, 1.82) is 0 Å². The van der Waals surface area contributed by atoms with Crippen molar-refractivity contribution in [2.75, 3.05) is 19.0 Å². The molecule has 0 fully saturated rings. The van der Waals surface area contributed by atoms with Crippen LogP contribution in [0.4, 0.5) is 5.69 Å². The summed E-state index contributed by atoms with van der Waals surface area (Å²) < 4.78 is 0.821. The Morgan fingerprint density at radius 3 is 2.33 bits per heavy atom. The Balaban J connectivity index is 2.35. The minimum Gasteiger partial charge on any atom is -0.378 e. The van der Waals surface area contributed by atoms with Crippen LogP contribution in [-0.2, 0) is 0 Å². The van der Waals surface area contributed by atoms with Crippen LogP contribution in [0, 0.1) is 3.95 Å². The molecule has 0 atom stereocenters. The number of hydrogen-bond acceptors (Lipinski definition) is 3. The van der Waals surface area contributed by atoms with Crippen molar-refractivity contribution in [3.8, 4) is 11.3 Å². The first-order chi connectivity index (χ1) is 7.16. The lowest BCUT2D eigenvalue weighted by Gasteiger charge is -2.12. The predicted octanol–water partition coefficient (Wildman–Crippen LogP) is 3.54. The van der Waals surface area contributed by atoms with Gasteiger partial charge in [-0.3, -0.25) is 0 Å². The van der Waals surface area contributed by atoms with Crippen LogP contribution in [0.5, 0.6) is 0 Å². The van der Waals surface area contributed by atoms with E-state index >= 15 is 0 Å². The fraction of sp³-hybridized carbons (Fsp3) is 0.182. The number of H-pyrrole nitrogens is 1. The lowest BCUT2D eigenvalue weighted by Crippen LogP contribution is -2.07. The monoisotopic (exact) mass is 236 g/mol. The molecule has 1 aromatic heterocycles. The molecule has 1 aromatic carbocycles. The van der Waals surface area contributed by atoms with E-state index in [1.807, 2.05) is 19.5 Å². The number of nitrogens with one attached hydrogen (secondary N) is 1. The van der Waals surface area contributed by atoms with E-state index in [2.05, 4.69) is 34.1 Å². The summed E-state index contributed by atoms with van der Waals surface area (Å²) in [5.74, 6) is 0. The zero-order valence-electron chi connectivity index (χ0n) is 8.65. The lowest BCUT2D eigenvalue weighted by molar-refractivity contribution is 1.13. The van der Waals surface area contributed by atoms with Crippen LogP contribution in [0.25, 0.3) is 11.3 Å². The van der Waals surface area contributed by atoms with E-state index in [0.717, 1.165) is 9.65 Å². The minimum absolute atomic E-state index is 0.821. The Hall–Kier alpha value is -1.13. The SMILES string of the molecule is CN(C)c1ccc(-c2csc(=S)[nH]2)cc1. The summed E-state index contributed by atoms with van der Waals surface area (Å²) in [7, 11) is 4.07. The van der Waals surface area contributed by atoms with Gasteiger partial charge in [-0.15, -0.1) is 11.3 Å². The van der Waals surface area contributed by atoms with Gasteiger partial charge in [-0.2, -0.15) is 0 Å². The molecule has 1 N–H and O–H groups in total. The maximum Gasteiger partial charge on any atom is 0.158 e. The Morgan fingerprint density at radius 2 is 1.87 bits per heavy atom. The minimum atomic E-state index is 0.821. The van der Waals surface area contributed by atoms with Gasteiger partial charge in [0.15, 0.2) is 3.95 Å². The number of aromatic amines is 1. The van der Waals surface area contributed by atoms with E-state index < -0.39 is 0 Å². The zero-order valence-corrected chi connectivity index (χ0v) is 10.3. The average Bonchev–Trinajstić information content (AvgIpc) is 2.65. The van der Waals surface area contributed by atoms with Crippen LogP contribution in [0.2, 0.25) is 0 Å². The Labute approximate surface area is 98.2 Å². The van der Waals surface area contributed by atoms with E-state index in [4.69, 9.17) is 12.2 Å². The second-order valence-electron chi connectivity index (χ2n) is 3.50. The standard InChI is InChI=1S/C11H12N2S2/c1-13(2)9-5-3-8(4-6-9)10-7-15-11(14)12-10/h3-7H,1-2H3,(H,12,14). The summed E-state index contributed by atoms with van der Waals surface area (Å²) >= 11 is 6.61. The molecule has 4 heteroatoms. The smallest absolute Gasteiger partial charge is 0.158 e. The van der Waals surface area contributed by atoms with Crippen LogP contribution in [0.3, 0.4) is 0 Å². The molecule has 1 heterocycles. The van der Waals surface area contributed by atoms with Crippen LogP contribution < -0.4 is 4.90 Å². The molecule has 0 unspecified atom stereocenters. The lowest BCUT2D eigenvalue weighted by atomic mass is 10.1. The number of thiazole rings is 1. The van der Waals surface area contributed by atoms with Gasteiger partial charge in [0.25, 0.3) is 0 Å². The van der Waals surface area contributed by atoms with Gasteiger partial charge >= 0.3 is 0 Å². The van der Waals surface area contributed by atoms with Gasteiger partial charge in [0.2, 0.25) is 0 Å². The molecular formula is C11H12N2S2. The Morgan fingerprint density at radius 1 is 1.20 bits per heavy atom. The maximum absolute atomic E-state index is 5.05. The summed E-state index contributed by atoms with van der Waals surface area (Å²) in [5, 5.41) is 2.05. The maximum atomic E-state index is 5.05. The number of hydrogen-bond donors (Lipinski definition) is 1. The summed E-state index contributed by atoms with van der Waals surface area (Å²) in [5.41, 5.74) is 3.47. The first-order valence-corrected chi connectivity index (χ1v) is 5.91. The highest BCUT2D eigenvalue weighted by Crippen LogP contribution is 2.22. The van der Waals surface area contributed by atoms with Gasteiger partial charge < -0.3 is 9.88 Å². The largest absolute Gasteiger partial charge is 0.378 e. The highest BCUT2D eigenvalue weighted by atomic mass is 32.1. The molecule has 0 radical (unpaired) electrons. The van der Waals surface area contributed by atoms with Gasteiger partial charge in [0.1, 0.15) is 0 Å². The van der Waals surface area contributed by atoms with Gasteiger partial charge in [0.05, 0.1) is 5.69 Å². The normalized spacial score (nSPS) is 10.3. The van der Waals surface area contributed by atoms with Crippen molar-refractivity contribution < 1.29 is 0 Å². The fourth-order valence-corrected chi connectivity index (χ4v) is 2.20. The summed E-state index contributed by atoms with van der Waals surface area (Å²) in [6.45, 7) is 0. The van der Waals surface area contributed by atoms with Crippen molar-refractivity contribution in [3.63, 3.8) is 0 Å². The molecule has 2 rings (SSSR count). The number of rotatable bonds is 2. The summed E-state index contributed by atoms with van der Waals surface area (Å²) in [6.07, 6.45) is 0. The first-order valence-electron chi connectivity index (χ1n) is 4.62. The molecular weight excluding hydrogens is 224 g/mol. The molecule has 2 nitrogen and oxygen atoms in total. The third kappa shape index (κ3) is 2.27. The van der Waals surface area contributed by atoms with Crippen molar-refractivity contribution >= 4 is 29.2 Å². The fourth-order valence-electron chi connectivity index (χ4n) is 1.36. The van der Waals surface area contributed by atoms with Crippen LogP contribution in [0.1, 0.15) is 0 Å². The van der Waals surface area contributed by atoms with Crippen LogP contribution >= 0.6 is 23.6 Å². The predicted molar refractivity (Wildman–Crippen MR) is 69.3 cm³/mol. The van der Waals surface area contributed by atoms with Crippen molar-refractivity contribution in [1.82, 2.24) is 4.98 Å². The Kier molecular flexibility index (Phi) is 2.88. The van der Waals surface area contributed by atoms with E-state index in [9.17, 15) is 0 Å². The zero-order chi connectivity index (χ0) is 10.8. The first kappa shape index (κ1) is 10.4. The molecule has 0 bridgehead atoms.